The quantitative estimate of drug-likeness (QED) is 0.0270. The number of hydrogen-bond donors (Lipinski definition) is 12. The number of rotatable bonds is 31. The fraction of sp³-hybridized carbons (Fsp3) is 0.579. The monoisotopic (exact) mass is 1130 g/mol. The first kappa shape index (κ1) is 61.4. The van der Waals surface area contributed by atoms with Crippen molar-refractivity contribution in [2.45, 2.75) is 75.5 Å². The zero-order chi connectivity index (χ0) is 54.1. The van der Waals surface area contributed by atoms with Crippen molar-refractivity contribution in [2.24, 2.45) is 11.1 Å². The molecule has 0 bridgehead atoms. The Labute approximate surface area is 425 Å². The number of anilines is 1. The summed E-state index contributed by atoms with van der Waals surface area (Å²) < 4.78 is 67.6. The number of nitrogens with zero attached hydrogens (tertiary/aromatic N) is 4. The van der Waals surface area contributed by atoms with Crippen LogP contribution in [-0.4, -0.2) is 167 Å². The predicted molar refractivity (Wildman–Crippen MR) is 259 cm³/mol. The minimum atomic E-state index is -5.62. The fourth-order valence-electron chi connectivity index (χ4n) is 6.36. The van der Waals surface area contributed by atoms with Gasteiger partial charge in [-0.2, -0.15) is 16.1 Å². The summed E-state index contributed by atoms with van der Waals surface area (Å²) in [5.41, 5.74) is 10.7. The molecule has 1 saturated heterocycles. The number of nitrogens with two attached hydrogens (primary N) is 2. The molecule has 0 aliphatic carbocycles. The maximum Gasteiger partial charge on any atom is 0.481 e. The van der Waals surface area contributed by atoms with Gasteiger partial charge in [0.05, 0.1) is 33.2 Å². The van der Waals surface area contributed by atoms with Crippen molar-refractivity contribution >= 4 is 92.7 Å². The smallest absolute Gasteiger partial charge is 0.481 e. The molecule has 1 fully saturated rings. The van der Waals surface area contributed by atoms with Crippen LogP contribution in [0.15, 0.2) is 36.9 Å². The lowest BCUT2D eigenvalue weighted by atomic mass is 9.87. The third-order valence-electron chi connectivity index (χ3n) is 10.1. The number of fused-ring (bicyclic) bond motifs is 1. The zero-order valence-electron chi connectivity index (χ0n) is 39.4. The highest BCUT2D eigenvalue weighted by Gasteiger charge is 2.50. The number of nitrogen functional groups attached to an aromatic ring is 1. The Balaban J connectivity index is 1.15. The Bertz CT molecular complexity index is 2510. The van der Waals surface area contributed by atoms with E-state index in [1.165, 1.54) is 25.6 Å². The topological polar surface area (TPSA) is 457 Å². The molecule has 4 amide bonds. The number of aromatic nitrogens is 4. The van der Waals surface area contributed by atoms with Gasteiger partial charge in [-0.15, -0.1) is 0 Å². The summed E-state index contributed by atoms with van der Waals surface area (Å²) in [5, 5.41) is 31.3. The van der Waals surface area contributed by atoms with Crippen LogP contribution in [0.4, 0.5) is 5.82 Å². The number of nitrogens with one attached hydrogen (secondary N) is 4. The van der Waals surface area contributed by atoms with Crippen molar-refractivity contribution in [2.75, 3.05) is 63.7 Å². The summed E-state index contributed by atoms with van der Waals surface area (Å²) in [4.78, 5) is 114. The number of imidazole rings is 1. The number of amides is 4. The van der Waals surface area contributed by atoms with E-state index in [-0.39, 0.29) is 66.9 Å². The van der Waals surface area contributed by atoms with Crippen LogP contribution in [0.2, 0.25) is 0 Å². The second-order valence-corrected chi connectivity index (χ2v) is 22.8. The van der Waals surface area contributed by atoms with Crippen molar-refractivity contribution in [1.29, 1.82) is 0 Å². The van der Waals surface area contributed by atoms with Crippen LogP contribution in [-0.2, 0) is 66.0 Å². The van der Waals surface area contributed by atoms with Gasteiger partial charge in [0.25, 0.3) is 0 Å². The minimum absolute atomic E-state index is 0.0134. The molecule has 0 radical (unpaired) electrons. The standard InChI is InChI=1S/C38H59N10O20P3S2/c1-38(2,19-65-71(61,62)68-70(59,60)64-16-25-31(67-69(56,57)58)30(52)37(66-25)48-21-46-29-33(40)44-20-45-34(29)48)32(53)36(55)42-12-10-26(49)41-13-14-73-28(51)15-43-35(54)24(47-27(50)5-4-11-39)18-72-17-22-6-8-23(63-3)9-7-22/h6-9,20-21,24-25,30-32,37,52-53H,4-5,10-19,39H2,1-3H3,(H,41,49)(H,42,55)(H,43,54)(H,47,50)(H,59,60)(H,61,62)(H2,40,44,45)(H2,56,57,58). The number of aliphatic hydroxyl groups is 2. The second-order valence-electron chi connectivity index (χ2n) is 16.4. The van der Waals surface area contributed by atoms with Gasteiger partial charge in [-0.25, -0.2) is 28.6 Å². The van der Waals surface area contributed by atoms with Crippen LogP contribution in [0, 0.1) is 5.41 Å². The Morgan fingerprint density at radius 3 is 2.30 bits per heavy atom. The lowest BCUT2D eigenvalue weighted by Gasteiger charge is -2.30. The van der Waals surface area contributed by atoms with E-state index in [2.05, 4.69) is 45.1 Å². The minimum Gasteiger partial charge on any atom is -0.497 e. The summed E-state index contributed by atoms with van der Waals surface area (Å²) in [6.45, 7) is 0.0446. The molecular formula is C38H59N10O20P3S2. The number of thioether (sulfide) groups is 2. The molecule has 1 aromatic carbocycles. The molecule has 30 nitrogen and oxygen atoms in total. The van der Waals surface area contributed by atoms with E-state index >= 15 is 0 Å². The molecule has 3 aromatic rings. The molecule has 14 N–H and O–H groups in total. The average Bonchev–Trinajstić information content (AvgIpc) is 3.89. The number of aliphatic hydroxyl groups excluding tert-OH is 2. The summed E-state index contributed by atoms with van der Waals surface area (Å²) in [5.74, 6) is -0.949. The van der Waals surface area contributed by atoms with E-state index in [9.17, 15) is 67.5 Å². The maximum absolute atomic E-state index is 13.0. The molecule has 8 unspecified atom stereocenters. The number of carbonyl (C=O) groups is 5. The first-order valence-corrected chi connectivity index (χ1v) is 28.4. The Morgan fingerprint density at radius 2 is 1.63 bits per heavy atom. The lowest BCUT2D eigenvalue weighted by Crippen LogP contribution is -2.49. The first-order chi connectivity index (χ1) is 34.2. The normalized spacial score (nSPS) is 19.5. The third kappa shape index (κ3) is 20.1. The van der Waals surface area contributed by atoms with Crippen molar-refractivity contribution in [1.82, 2.24) is 40.8 Å². The molecule has 3 heterocycles. The van der Waals surface area contributed by atoms with E-state index in [0.29, 0.717) is 24.5 Å². The Morgan fingerprint density at radius 1 is 0.932 bits per heavy atom. The highest BCUT2D eigenvalue weighted by molar-refractivity contribution is 8.13. The van der Waals surface area contributed by atoms with E-state index in [1.807, 2.05) is 24.3 Å². The number of carbonyl (C=O) groups excluding carboxylic acids is 5. The molecule has 4 rings (SSSR count). The van der Waals surface area contributed by atoms with Crippen LogP contribution in [0.3, 0.4) is 0 Å². The van der Waals surface area contributed by atoms with Crippen molar-refractivity contribution in [3.05, 3.63) is 42.5 Å². The van der Waals surface area contributed by atoms with E-state index in [4.69, 9.17) is 30.0 Å². The van der Waals surface area contributed by atoms with Crippen LogP contribution in [0.25, 0.3) is 11.2 Å². The summed E-state index contributed by atoms with van der Waals surface area (Å²) in [6.07, 6.45) is -6.65. The van der Waals surface area contributed by atoms with Crippen LogP contribution in [0.5, 0.6) is 5.75 Å². The molecule has 1 aliphatic heterocycles. The highest BCUT2D eigenvalue weighted by Crippen LogP contribution is 2.61. The Kier molecular flexibility index (Phi) is 23.6. The number of methoxy groups -OCH3 is 1. The number of benzene rings is 1. The third-order valence-corrected chi connectivity index (χ3v) is 15.2. The SMILES string of the molecule is COc1ccc(CSCC(NC(=O)CCCN)C(=O)NCC(=O)SCCNC(=O)CCNC(=O)C(O)C(C)(C)COP(=O)(O)OP(=O)(O)OCC2OC(n3cnc4c(N)ncnc43)C(O)C2OP(=O)(O)O)cc1. The lowest BCUT2D eigenvalue weighted by molar-refractivity contribution is -0.137. The van der Waals surface area contributed by atoms with Crippen molar-refractivity contribution in [3.8, 4) is 5.75 Å². The summed E-state index contributed by atoms with van der Waals surface area (Å²) >= 11 is 2.25. The van der Waals surface area contributed by atoms with E-state index in [0.717, 1.165) is 34.5 Å². The predicted octanol–water partition coefficient (Wildman–Crippen LogP) is -1.05. The first-order valence-electron chi connectivity index (χ1n) is 21.8. The fourth-order valence-corrected chi connectivity index (χ4v) is 10.8. The molecule has 0 saturated carbocycles. The zero-order valence-corrected chi connectivity index (χ0v) is 43.7. The van der Waals surface area contributed by atoms with Gasteiger partial charge in [-0.05, 0) is 30.7 Å². The number of hydrogen-bond acceptors (Lipinski definition) is 23. The van der Waals surface area contributed by atoms with Gasteiger partial charge in [0.2, 0.25) is 28.7 Å². The summed E-state index contributed by atoms with van der Waals surface area (Å²) in [6, 6.07) is 6.45. The largest absolute Gasteiger partial charge is 0.497 e. The second kappa shape index (κ2) is 28.1. The van der Waals surface area contributed by atoms with Crippen LogP contribution >= 0.6 is 47.0 Å². The van der Waals surface area contributed by atoms with Crippen molar-refractivity contribution in [3.63, 3.8) is 0 Å². The van der Waals surface area contributed by atoms with Gasteiger partial charge in [-0.1, -0.05) is 37.7 Å². The van der Waals surface area contributed by atoms with Crippen molar-refractivity contribution < 1.29 is 94.8 Å². The molecule has 8 atom stereocenters. The van der Waals surface area contributed by atoms with Crippen LogP contribution < -0.4 is 37.5 Å². The van der Waals surface area contributed by atoms with Gasteiger partial charge in [0.1, 0.15) is 48.1 Å². The highest BCUT2D eigenvalue weighted by atomic mass is 32.2. The Hall–Kier alpha value is -4.17. The molecule has 408 valence electrons. The molecule has 35 heteroatoms. The van der Waals surface area contributed by atoms with E-state index < -0.39 is 102 Å². The molecule has 1 aliphatic rings. The number of phosphoric ester groups is 3. The molecule has 73 heavy (non-hydrogen) atoms. The molecule has 2 aromatic heterocycles. The van der Waals surface area contributed by atoms with Gasteiger partial charge in [-0.3, -0.25) is 42.1 Å². The van der Waals surface area contributed by atoms with Crippen LogP contribution in [0.1, 0.15) is 44.9 Å². The average molecular weight is 1130 g/mol. The van der Waals surface area contributed by atoms with Gasteiger partial charge >= 0.3 is 23.5 Å². The molecular weight excluding hydrogens is 1070 g/mol. The van der Waals surface area contributed by atoms with Gasteiger partial charge in [0, 0.05) is 48.6 Å². The van der Waals surface area contributed by atoms with Gasteiger partial charge in [0.15, 0.2) is 17.7 Å². The summed E-state index contributed by atoms with van der Waals surface area (Å²) in [7, 11) is -15.0. The van der Waals surface area contributed by atoms with Gasteiger partial charge < -0.3 is 72.0 Å². The number of ether oxygens (including phenoxy) is 2. The molecule has 0 spiro atoms. The number of phosphoric acid groups is 3. The van der Waals surface area contributed by atoms with E-state index in [1.54, 1.807) is 7.11 Å². The maximum atomic E-state index is 13.0.